The number of carbonyl (C=O) groups is 1. The average molecular weight is 421 g/mol. The molecule has 160 valence electrons. The minimum Gasteiger partial charge on any atom is -0.468 e. The molecule has 0 bridgehead atoms. The van der Waals surface area contributed by atoms with E-state index in [1.54, 1.807) is 0 Å². The molecule has 0 saturated carbocycles. The number of ether oxygens (including phenoxy) is 1. The second-order valence-corrected chi connectivity index (χ2v) is 10.4. The number of hydrogen-bond acceptors (Lipinski definition) is 6. The first-order valence-corrected chi connectivity index (χ1v) is 10.4. The minimum absolute atomic E-state index is 0.118. The first-order chi connectivity index (χ1) is 12.5. The molecule has 2 N–H and O–H groups in total. The number of methoxy groups -OCH3 is 1. The highest BCUT2D eigenvalue weighted by Gasteiger charge is 2.58. The smallest absolute Gasteiger partial charge is 0.405 e. The van der Waals surface area contributed by atoms with Gasteiger partial charge in [-0.1, -0.05) is 24.3 Å². The Hall–Kier alpha value is -1.34. The molecule has 6 nitrogen and oxygen atoms in total. The van der Waals surface area contributed by atoms with Crippen LogP contribution < -0.4 is 5.73 Å². The van der Waals surface area contributed by atoms with Crippen LogP contribution in [0.5, 0.6) is 0 Å². The molecular formula is C19H30F2NO5P. The van der Waals surface area contributed by atoms with Gasteiger partial charge >= 0.3 is 19.2 Å². The molecule has 28 heavy (non-hydrogen) atoms. The Morgan fingerprint density at radius 2 is 1.46 bits per heavy atom. The highest BCUT2D eigenvalue weighted by molar-refractivity contribution is 7.54. The first kappa shape index (κ1) is 24.7. The summed E-state index contributed by atoms with van der Waals surface area (Å²) in [7, 11) is -3.67. The van der Waals surface area contributed by atoms with Crippen molar-refractivity contribution >= 4 is 13.6 Å². The topological polar surface area (TPSA) is 87.9 Å². The van der Waals surface area contributed by atoms with Crippen LogP contribution in [0.2, 0.25) is 0 Å². The van der Waals surface area contributed by atoms with Crippen LogP contribution in [0.3, 0.4) is 0 Å². The molecule has 9 heteroatoms. The van der Waals surface area contributed by atoms with Crippen LogP contribution in [-0.4, -0.2) is 30.3 Å². The fourth-order valence-electron chi connectivity index (χ4n) is 2.34. The van der Waals surface area contributed by atoms with E-state index in [4.69, 9.17) is 14.8 Å². The second kappa shape index (κ2) is 8.57. The van der Waals surface area contributed by atoms with E-state index in [0.717, 1.165) is 12.1 Å². The zero-order chi connectivity index (χ0) is 22.0. The third-order valence-corrected chi connectivity index (χ3v) is 5.92. The number of benzene rings is 1. The summed E-state index contributed by atoms with van der Waals surface area (Å²) in [5.74, 6) is -0.601. The fourth-order valence-corrected chi connectivity index (χ4v) is 4.52. The molecule has 0 spiro atoms. The third kappa shape index (κ3) is 6.62. The van der Waals surface area contributed by atoms with Gasteiger partial charge in [0.2, 0.25) is 0 Å². The first-order valence-electron chi connectivity index (χ1n) is 8.83. The number of carbonyl (C=O) groups excluding carboxylic acids is 1. The van der Waals surface area contributed by atoms with Crippen LogP contribution >= 0.6 is 7.60 Å². The van der Waals surface area contributed by atoms with Crippen molar-refractivity contribution in [2.75, 3.05) is 7.11 Å². The van der Waals surface area contributed by atoms with Gasteiger partial charge in [-0.05, 0) is 53.5 Å². The maximum atomic E-state index is 15.2. The van der Waals surface area contributed by atoms with Crippen LogP contribution in [0.25, 0.3) is 0 Å². The number of esters is 1. The zero-order valence-corrected chi connectivity index (χ0v) is 18.3. The number of alkyl halides is 2. The molecule has 0 unspecified atom stereocenters. The number of halogens is 2. The Bertz CT molecular complexity index is 703. The van der Waals surface area contributed by atoms with E-state index in [1.807, 2.05) is 0 Å². The van der Waals surface area contributed by atoms with E-state index < -0.39 is 42.0 Å². The van der Waals surface area contributed by atoms with Gasteiger partial charge in [-0.2, -0.15) is 8.78 Å². The molecule has 1 aromatic rings. The van der Waals surface area contributed by atoms with Gasteiger partial charge in [-0.3, -0.25) is 18.4 Å². The number of nitrogens with two attached hydrogens (primary N) is 1. The van der Waals surface area contributed by atoms with E-state index in [-0.39, 0.29) is 6.42 Å². The predicted octanol–water partition coefficient (Wildman–Crippen LogP) is 4.60. The van der Waals surface area contributed by atoms with Crippen molar-refractivity contribution in [2.45, 2.75) is 70.9 Å². The normalized spacial score (nSPS) is 14.6. The Kier molecular flexibility index (Phi) is 7.56. The highest BCUT2D eigenvalue weighted by atomic mass is 31.2. The number of hydrogen-bond donors (Lipinski definition) is 1. The van der Waals surface area contributed by atoms with Gasteiger partial charge in [0.15, 0.2) is 0 Å². The van der Waals surface area contributed by atoms with Gasteiger partial charge in [0, 0.05) is 5.56 Å². The second-order valence-electron chi connectivity index (χ2n) is 8.48. The maximum Gasteiger partial charge on any atom is 0.405 e. The summed E-state index contributed by atoms with van der Waals surface area (Å²) in [6, 6.07) is 4.14. The van der Waals surface area contributed by atoms with Crippen molar-refractivity contribution in [2.24, 2.45) is 5.73 Å². The van der Waals surface area contributed by atoms with Crippen molar-refractivity contribution < 1.29 is 31.9 Å². The lowest BCUT2D eigenvalue weighted by molar-refractivity contribution is -0.142. The molecule has 0 aliphatic carbocycles. The van der Waals surface area contributed by atoms with Crippen molar-refractivity contribution in [1.82, 2.24) is 0 Å². The molecule has 0 aromatic heterocycles. The summed E-state index contributed by atoms with van der Waals surface area (Å²) in [5, 5.41) is 0. The molecule has 1 rings (SSSR count). The summed E-state index contributed by atoms with van der Waals surface area (Å²) >= 11 is 0. The van der Waals surface area contributed by atoms with Gasteiger partial charge in [-0.15, -0.1) is 0 Å². The van der Waals surface area contributed by atoms with Crippen LogP contribution in [-0.2, 0) is 35.2 Å². The molecule has 0 radical (unpaired) electrons. The number of rotatable bonds is 7. The van der Waals surface area contributed by atoms with Crippen LogP contribution in [0.15, 0.2) is 24.3 Å². The molecule has 0 aliphatic heterocycles. The summed E-state index contributed by atoms with van der Waals surface area (Å²) in [5.41, 5.74) is -0.379. The van der Waals surface area contributed by atoms with Gasteiger partial charge < -0.3 is 10.5 Å². The quantitative estimate of drug-likeness (QED) is 0.511. The van der Waals surface area contributed by atoms with E-state index >= 15 is 8.78 Å². The Balaban J connectivity index is 3.22. The Morgan fingerprint density at radius 3 is 1.82 bits per heavy atom. The van der Waals surface area contributed by atoms with Gasteiger partial charge in [0.1, 0.15) is 6.04 Å². The summed E-state index contributed by atoms with van der Waals surface area (Å²) in [4.78, 5) is 11.4. The third-order valence-electron chi connectivity index (χ3n) is 3.39. The predicted molar refractivity (Wildman–Crippen MR) is 103 cm³/mol. The van der Waals surface area contributed by atoms with Crippen molar-refractivity contribution in [1.29, 1.82) is 0 Å². The van der Waals surface area contributed by atoms with Gasteiger partial charge in [-0.25, -0.2) is 0 Å². The molecular weight excluding hydrogens is 391 g/mol. The van der Waals surface area contributed by atoms with E-state index in [1.165, 1.54) is 60.8 Å². The lowest BCUT2D eigenvalue weighted by atomic mass is 10.0. The average Bonchev–Trinajstić information content (AvgIpc) is 2.50. The standard InChI is InChI=1S/C19H30F2NO5P/c1-17(2,3)26-28(24,27-18(4,5)6)19(20,21)14-10-8-13(9-11-14)12-15(22)16(23)25-7/h8-11,15H,12,22H2,1-7H3/t15-/m1/s1. The van der Waals surface area contributed by atoms with E-state index in [0.29, 0.717) is 5.56 Å². The van der Waals surface area contributed by atoms with Gasteiger partial charge in [0.25, 0.3) is 0 Å². The highest BCUT2D eigenvalue weighted by Crippen LogP contribution is 2.69. The van der Waals surface area contributed by atoms with E-state index in [9.17, 15) is 9.36 Å². The Labute approximate surface area is 165 Å². The Morgan fingerprint density at radius 1 is 1.04 bits per heavy atom. The minimum atomic E-state index is -4.88. The van der Waals surface area contributed by atoms with Crippen molar-refractivity contribution in [3.05, 3.63) is 35.4 Å². The van der Waals surface area contributed by atoms with Crippen LogP contribution in [0, 0.1) is 0 Å². The summed E-state index contributed by atoms with van der Waals surface area (Å²) in [6.07, 6.45) is 0.118. The lowest BCUT2D eigenvalue weighted by Gasteiger charge is -2.36. The van der Waals surface area contributed by atoms with Crippen molar-refractivity contribution in [3.8, 4) is 0 Å². The van der Waals surface area contributed by atoms with Gasteiger partial charge in [0.05, 0.1) is 18.3 Å². The molecule has 0 saturated heterocycles. The van der Waals surface area contributed by atoms with Crippen LogP contribution in [0.4, 0.5) is 8.78 Å². The molecule has 0 amide bonds. The van der Waals surface area contributed by atoms with Crippen molar-refractivity contribution in [3.63, 3.8) is 0 Å². The molecule has 0 aliphatic rings. The van der Waals surface area contributed by atoms with Crippen LogP contribution in [0.1, 0.15) is 52.7 Å². The summed E-state index contributed by atoms with van der Waals surface area (Å²) in [6.45, 7) is 9.16. The monoisotopic (exact) mass is 421 g/mol. The summed E-state index contributed by atoms with van der Waals surface area (Å²) < 4.78 is 58.7. The molecule has 1 atom stereocenters. The SMILES string of the molecule is COC(=O)[C@H](N)Cc1ccc(C(F)(F)P(=O)(OC(C)(C)C)OC(C)(C)C)cc1. The van der Waals surface area contributed by atoms with E-state index in [2.05, 4.69) is 4.74 Å². The molecule has 0 fully saturated rings. The lowest BCUT2D eigenvalue weighted by Crippen LogP contribution is -2.33. The fraction of sp³-hybridized carbons (Fsp3) is 0.632. The maximum absolute atomic E-state index is 15.2. The largest absolute Gasteiger partial charge is 0.468 e. The zero-order valence-electron chi connectivity index (χ0n) is 17.4. The molecule has 0 heterocycles. The molecule has 1 aromatic carbocycles.